The SMILES string of the molecule is CCCNC(=O)CN1CCC(NC(=NC)NCCS(=O)(=O)C(C)(C)C)CC1. The number of sulfone groups is 1. The van der Waals surface area contributed by atoms with E-state index in [4.69, 9.17) is 0 Å². The molecule has 0 aliphatic carbocycles. The number of nitrogens with zero attached hydrogens (tertiary/aromatic N) is 2. The van der Waals surface area contributed by atoms with Gasteiger partial charge in [-0.05, 0) is 40.0 Å². The van der Waals surface area contributed by atoms with Crippen LogP contribution in [-0.2, 0) is 14.6 Å². The van der Waals surface area contributed by atoms with Gasteiger partial charge in [-0.3, -0.25) is 14.7 Å². The summed E-state index contributed by atoms with van der Waals surface area (Å²) in [5.41, 5.74) is 0. The van der Waals surface area contributed by atoms with E-state index in [9.17, 15) is 13.2 Å². The van der Waals surface area contributed by atoms with Crippen molar-refractivity contribution in [3.05, 3.63) is 0 Å². The third-order valence-corrected chi connectivity index (χ3v) is 7.30. The summed E-state index contributed by atoms with van der Waals surface area (Å²) in [5, 5.41) is 9.35. The van der Waals surface area contributed by atoms with E-state index in [1.54, 1.807) is 27.8 Å². The molecule has 0 atom stereocenters. The van der Waals surface area contributed by atoms with Gasteiger partial charge in [0.05, 0.1) is 17.0 Å². The summed E-state index contributed by atoms with van der Waals surface area (Å²) >= 11 is 0. The first kappa shape index (κ1) is 23.7. The Morgan fingerprint density at radius 1 is 1.15 bits per heavy atom. The van der Waals surface area contributed by atoms with Crippen molar-refractivity contribution >= 4 is 21.7 Å². The first-order valence-corrected chi connectivity index (χ1v) is 11.4. The lowest BCUT2D eigenvalue weighted by molar-refractivity contribution is -0.122. The number of carbonyl (C=O) groups is 1. The van der Waals surface area contributed by atoms with Gasteiger partial charge >= 0.3 is 0 Å². The molecule has 1 aliphatic heterocycles. The maximum absolute atomic E-state index is 12.2. The lowest BCUT2D eigenvalue weighted by atomic mass is 10.1. The fourth-order valence-corrected chi connectivity index (χ4v) is 3.74. The molecule has 0 aromatic carbocycles. The lowest BCUT2D eigenvalue weighted by Crippen LogP contribution is -2.50. The zero-order valence-electron chi connectivity index (χ0n) is 17.5. The highest BCUT2D eigenvalue weighted by Crippen LogP contribution is 2.15. The first-order valence-electron chi connectivity index (χ1n) is 9.77. The summed E-state index contributed by atoms with van der Waals surface area (Å²) in [5.74, 6) is 0.779. The molecule has 158 valence electrons. The molecular formula is C18H37N5O3S. The van der Waals surface area contributed by atoms with Crippen molar-refractivity contribution in [1.82, 2.24) is 20.9 Å². The molecule has 0 bridgehead atoms. The van der Waals surface area contributed by atoms with Crippen molar-refractivity contribution in [2.45, 2.75) is 57.7 Å². The van der Waals surface area contributed by atoms with E-state index < -0.39 is 14.6 Å². The van der Waals surface area contributed by atoms with Crippen LogP contribution in [0.25, 0.3) is 0 Å². The topological polar surface area (TPSA) is 103 Å². The minimum atomic E-state index is -3.15. The molecular weight excluding hydrogens is 366 g/mol. The van der Waals surface area contributed by atoms with Gasteiger partial charge in [0, 0.05) is 39.3 Å². The van der Waals surface area contributed by atoms with Crippen LogP contribution in [-0.4, -0.2) is 81.5 Å². The van der Waals surface area contributed by atoms with E-state index in [0.717, 1.165) is 38.9 Å². The number of carbonyl (C=O) groups excluding carboxylic acids is 1. The van der Waals surface area contributed by atoms with E-state index in [1.807, 2.05) is 6.92 Å². The van der Waals surface area contributed by atoms with Crippen molar-refractivity contribution in [3.63, 3.8) is 0 Å². The highest BCUT2D eigenvalue weighted by Gasteiger charge is 2.28. The molecule has 0 aromatic rings. The highest BCUT2D eigenvalue weighted by atomic mass is 32.2. The van der Waals surface area contributed by atoms with Gasteiger partial charge in [0.2, 0.25) is 5.91 Å². The van der Waals surface area contributed by atoms with Crippen molar-refractivity contribution in [2.24, 2.45) is 4.99 Å². The Labute approximate surface area is 164 Å². The molecule has 27 heavy (non-hydrogen) atoms. The van der Waals surface area contributed by atoms with E-state index in [0.29, 0.717) is 19.0 Å². The van der Waals surface area contributed by atoms with Crippen LogP contribution in [0, 0.1) is 0 Å². The third-order valence-electron chi connectivity index (χ3n) is 4.69. The molecule has 0 radical (unpaired) electrons. The summed E-state index contributed by atoms with van der Waals surface area (Å²) in [4.78, 5) is 18.1. The van der Waals surface area contributed by atoms with Gasteiger partial charge in [-0.25, -0.2) is 8.42 Å². The fraction of sp³-hybridized carbons (Fsp3) is 0.889. The Balaban J connectivity index is 2.34. The maximum atomic E-state index is 12.2. The molecule has 1 saturated heterocycles. The number of guanidine groups is 1. The smallest absolute Gasteiger partial charge is 0.234 e. The number of amides is 1. The Morgan fingerprint density at radius 3 is 2.30 bits per heavy atom. The summed E-state index contributed by atoms with van der Waals surface area (Å²) < 4.78 is 23.6. The molecule has 0 aromatic heterocycles. The average molecular weight is 404 g/mol. The molecule has 0 saturated carbocycles. The van der Waals surface area contributed by atoms with Crippen molar-refractivity contribution in [2.75, 3.05) is 45.5 Å². The standard InChI is InChI=1S/C18H37N5O3S/c1-6-9-20-16(24)14-23-11-7-15(8-12-23)22-17(19-5)21-10-13-27(25,26)18(2,3)4/h15H,6-14H2,1-5H3,(H,20,24)(H2,19,21,22). The van der Waals surface area contributed by atoms with Gasteiger partial charge < -0.3 is 16.0 Å². The quantitative estimate of drug-likeness (QED) is 0.399. The van der Waals surface area contributed by atoms with Crippen LogP contribution in [0.15, 0.2) is 4.99 Å². The van der Waals surface area contributed by atoms with Gasteiger partial charge in [0.1, 0.15) is 0 Å². The minimum absolute atomic E-state index is 0.0719. The van der Waals surface area contributed by atoms with Crippen LogP contribution >= 0.6 is 0 Å². The zero-order chi connectivity index (χ0) is 20.5. The normalized spacial score (nSPS) is 17.6. The van der Waals surface area contributed by atoms with Gasteiger partial charge in [-0.1, -0.05) is 6.92 Å². The zero-order valence-corrected chi connectivity index (χ0v) is 18.3. The molecule has 1 fully saturated rings. The lowest BCUT2D eigenvalue weighted by Gasteiger charge is -2.32. The van der Waals surface area contributed by atoms with E-state index in [-0.39, 0.29) is 17.7 Å². The first-order chi connectivity index (χ1) is 12.6. The fourth-order valence-electron chi connectivity index (χ4n) is 2.76. The second-order valence-corrected chi connectivity index (χ2v) is 10.8. The second-order valence-electron chi connectivity index (χ2n) is 7.97. The summed E-state index contributed by atoms with van der Waals surface area (Å²) in [6, 6.07) is 0.269. The molecule has 1 aliphatic rings. The van der Waals surface area contributed by atoms with Crippen LogP contribution in [0.1, 0.15) is 47.0 Å². The van der Waals surface area contributed by atoms with Crippen molar-refractivity contribution < 1.29 is 13.2 Å². The maximum Gasteiger partial charge on any atom is 0.234 e. The van der Waals surface area contributed by atoms with Gasteiger partial charge in [-0.2, -0.15) is 0 Å². The molecule has 3 N–H and O–H groups in total. The Kier molecular flexibility index (Phi) is 9.52. The second kappa shape index (κ2) is 10.8. The number of rotatable bonds is 8. The monoisotopic (exact) mass is 403 g/mol. The predicted molar refractivity (Wildman–Crippen MR) is 111 cm³/mol. The average Bonchev–Trinajstić information content (AvgIpc) is 2.59. The number of piperidine rings is 1. The molecule has 1 rings (SSSR count). The van der Waals surface area contributed by atoms with E-state index in [1.165, 1.54) is 0 Å². The third kappa shape index (κ3) is 8.47. The number of likely N-dealkylation sites (tertiary alicyclic amines) is 1. The van der Waals surface area contributed by atoms with E-state index >= 15 is 0 Å². The van der Waals surface area contributed by atoms with Crippen LogP contribution in [0.3, 0.4) is 0 Å². The molecule has 9 heteroatoms. The Bertz CT molecular complexity index is 591. The van der Waals surface area contributed by atoms with Crippen molar-refractivity contribution in [1.29, 1.82) is 0 Å². The van der Waals surface area contributed by atoms with Crippen LogP contribution in [0.2, 0.25) is 0 Å². The highest BCUT2D eigenvalue weighted by molar-refractivity contribution is 7.92. The van der Waals surface area contributed by atoms with Gasteiger partial charge in [0.15, 0.2) is 15.8 Å². The largest absolute Gasteiger partial charge is 0.355 e. The summed E-state index contributed by atoms with van der Waals surface area (Å²) in [7, 11) is -1.47. The molecule has 0 unspecified atom stereocenters. The summed E-state index contributed by atoms with van der Waals surface area (Å²) in [6.07, 6.45) is 2.78. The molecule has 1 heterocycles. The molecule has 8 nitrogen and oxygen atoms in total. The molecule has 0 spiro atoms. The summed E-state index contributed by atoms with van der Waals surface area (Å²) in [6.45, 7) is 10.4. The Morgan fingerprint density at radius 2 is 1.78 bits per heavy atom. The predicted octanol–water partition coefficient (Wildman–Crippen LogP) is 0.355. The van der Waals surface area contributed by atoms with Gasteiger partial charge in [-0.15, -0.1) is 0 Å². The van der Waals surface area contributed by atoms with Crippen molar-refractivity contribution in [3.8, 4) is 0 Å². The van der Waals surface area contributed by atoms with Gasteiger partial charge in [0.25, 0.3) is 0 Å². The minimum Gasteiger partial charge on any atom is -0.355 e. The number of hydrogen-bond acceptors (Lipinski definition) is 5. The van der Waals surface area contributed by atoms with E-state index in [2.05, 4.69) is 25.8 Å². The number of nitrogens with one attached hydrogen (secondary N) is 3. The number of hydrogen-bond donors (Lipinski definition) is 3. The molecule has 1 amide bonds. The van der Waals surface area contributed by atoms with Crippen LogP contribution in [0.5, 0.6) is 0 Å². The van der Waals surface area contributed by atoms with Crippen LogP contribution < -0.4 is 16.0 Å². The van der Waals surface area contributed by atoms with Crippen LogP contribution in [0.4, 0.5) is 0 Å². The Hall–Kier alpha value is -1.35. The number of aliphatic imine (C=N–C) groups is 1.